The van der Waals surface area contributed by atoms with Crippen molar-refractivity contribution in [2.75, 3.05) is 13.1 Å². The molecule has 0 aliphatic rings. The first kappa shape index (κ1) is 18.8. The van der Waals surface area contributed by atoms with Crippen molar-refractivity contribution in [1.82, 2.24) is 5.32 Å². The Morgan fingerprint density at radius 3 is 2.20 bits per heavy atom. The predicted octanol–water partition coefficient (Wildman–Crippen LogP) is 2.48. The molecular formula is C13H20IN3O3. The van der Waals surface area contributed by atoms with Crippen LogP contribution < -0.4 is 11.1 Å². The number of aryl methyl sites for hydroxylation is 1. The molecule has 0 aliphatic heterocycles. The molecule has 112 valence electrons. The van der Waals surface area contributed by atoms with E-state index in [0.717, 1.165) is 18.7 Å². The van der Waals surface area contributed by atoms with E-state index in [-0.39, 0.29) is 11.3 Å². The fraction of sp³-hybridized carbons (Fsp3) is 0.462. The van der Waals surface area contributed by atoms with Crippen molar-refractivity contribution in [1.29, 1.82) is 0 Å². The average Bonchev–Trinajstić information content (AvgIpc) is 2.40. The molecule has 0 saturated heterocycles. The molecule has 0 atom stereocenters. The highest BCUT2D eigenvalue weighted by molar-refractivity contribution is 14.1. The summed E-state index contributed by atoms with van der Waals surface area (Å²) in [5.74, 6) is -0.641. The number of nitrogens with two attached hydrogens (primary N) is 1. The van der Waals surface area contributed by atoms with Gasteiger partial charge < -0.3 is 11.1 Å². The van der Waals surface area contributed by atoms with Crippen LogP contribution in [0, 0.1) is 13.7 Å². The minimum atomic E-state index is -0.641. The van der Waals surface area contributed by atoms with Crippen LogP contribution in [-0.4, -0.2) is 23.9 Å². The van der Waals surface area contributed by atoms with E-state index in [1.165, 1.54) is 12.1 Å². The zero-order valence-electron chi connectivity index (χ0n) is 11.9. The quantitative estimate of drug-likeness (QED) is 0.456. The second-order valence-electron chi connectivity index (χ2n) is 3.90. The van der Waals surface area contributed by atoms with E-state index in [1.807, 2.05) is 29.5 Å². The van der Waals surface area contributed by atoms with Gasteiger partial charge in [0, 0.05) is 15.7 Å². The fourth-order valence-corrected chi connectivity index (χ4v) is 2.42. The Morgan fingerprint density at radius 1 is 1.35 bits per heavy atom. The van der Waals surface area contributed by atoms with Crippen molar-refractivity contribution in [3.05, 3.63) is 36.9 Å². The number of hydrogen-bond acceptors (Lipinski definition) is 4. The van der Waals surface area contributed by atoms with E-state index in [1.54, 1.807) is 0 Å². The Kier molecular flexibility index (Phi) is 9.06. The van der Waals surface area contributed by atoms with Crippen molar-refractivity contribution in [2.45, 2.75) is 27.2 Å². The molecule has 1 aromatic rings. The van der Waals surface area contributed by atoms with Crippen molar-refractivity contribution >= 4 is 34.2 Å². The molecule has 0 radical (unpaired) electrons. The van der Waals surface area contributed by atoms with Crippen LogP contribution in [0.5, 0.6) is 0 Å². The first-order valence-electron chi connectivity index (χ1n) is 6.36. The number of non-ortho nitro benzene ring substituents is 1. The molecule has 1 aromatic carbocycles. The summed E-state index contributed by atoms with van der Waals surface area (Å²) in [6, 6.07) is 2.68. The van der Waals surface area contributed by atoms with Gasteiger partial charge in [0.05, 0.1) is 10.5 Å². The molecule has 0 aromatic heterocycles. The van der Waals surface area contributed by atoms with Gasteiger partial charge in [0.25, 0.3) is 5.69 Å². The number of nitrogens with zero attached hydrogens (tertiary/aromatic N) is 1. The molecule has 0 saturated carbocycles. The number of nitro benzene ring substituents is 1. The van der Waals surface area contributed by atoms with Gasteiger partial charge in [-0.15, -0.1) is 0 Å². The molecular weight excluding hydrogens is 373 g/mol. The molecule has 3 N–H and O–H groups in total. The highest BCUT2D eigenvalue weighted by Crippen LogP contribution is 2.24. The maximum Gasteiger partial charge on any atom is 0.270 e. The summed E-state index contributed by atoms with van der Waals surface area (Å²) in [7, 11) is 0. The first-order chi connectivity index (χ1) is 9.38. The van der Waals surface area contributed by atoms with Gasteiger partial charge in [-0.3, -0.25) is 14.9 Å². The minimum absolute atomic E-state index is 0.0962. The average molecular weight is 393 g/mol. The number of nitrogens with one attached hydrogen (secondary N) is 1. The molecule has 0 bridgehead atoms. The molecule has 7 heteroatoms. The Bertz CT molecular complexity index is 476. The van der Waals surface area contributed by atoms with Crippen molar-refractivity contribution in [3.8, 4) is 0 Å². The number of benzene rings is 1. The minimum Gasteiger partial charge on any atom is -0.366 e. The Labute approximate surface area is 132 Å². The maximum atomic E-state index is 11.1. The molecule has 1 rings (SSSR count). The Balaban J connectivity index is 0.000000621. The van der Waals surface area contributed by atoms with Gasteiger partial charge in [-0.05, 0) is 47.7 Å². The largest absolute Gasteiger partial charge is 0.366 e. The highest BCUT2D eigenvalue weighted by Gasteiger charge is 2.16. The molecule has 6 nitrogen and oxygen atoms in total. The number of primary amides is 1. The third-order valence-electron chi connectivity index (χ3n) is 2.49. The van der Waals surface area contributed by atoms with Crippen LogP contribution in [0.2, 0.25) is 0 Å². The van der Waals surface area contributed by atoms with Crippen molar-refractivity contribution in [3.63, 3.8) is 0 Å². The second-order valence-corrected chi connectivity index (χ2v) is 4.98. The van der Waals surface area contributed by atoms with E-state index >= 15 is 0 Å². The molecule has 0 spiro atoms. The van der Waals surface area contributed by atoms with E-state index < -0.39 is 10.8 Å². The van der Waals surface area contributed by atoms with E-state index in [9.17, 15) is 14.9 Å². The van der Waals surface area contributed by atoms with Gasteiger partial charge in [0.2, 0.25) is 5.91 Å². The van der Waals surface area contributed by atoms with Gasteiger partial charge in [-0.1, -0.05) is 20.8 Å². The van der Waals surface area contributed by atoms with Gasteiger partial charge >= 0.3 is 0 Å². The molecule has 0 aliphatic carbocycles. The summed E-state index contributed by atoms with van der Waals surface area (Å²) >= 11 is 1.97. The highest BCUT2D eigenvalue weighted by atomic mass is 127. The lowest BCUT2D eigenvalue weighted by Gasteiger charge is -2.05. The van der Waals surface area contributed by atoms with Crippen LogP contribution in [0.1, 0.15) is 36.7 Å². The van der Waals surface area contributed by atoms with E-state index in [0.29, 0.717) is 9.99 Å². The van der Waals surface area contributed by atoms with Crippen molar-refractivity contribution in [2.24, 2.45) is 5.73 Å². The normalized spacial score (nSPS) is 9.60. The second kappa shape index (κ2) is 9.65. The standard InChI is InChI=1S/C9H9IN2O3.C4H11N/c1-2-5-3-6(12(14)15)4-7(8(5)10)9(11)13;1-3-5-4-2/h3-4H,2H2,1H3,(H2,11,13);5H,3-4H2,1-2H3. The lowest BCUT2D eigenvalue weighted by molar-refractivity contribution is -0.385. The zero-order chi connectivity index (χ0) is 15.7. The van der Waals surface area contributed by atoms with Crippen LogP contribution in [0.25, 0.3) is 0 Å². The summed E-state index contributed by atoms with van der Waals surface area (Å²) in [5, 5.41) is 13.7. The summed E-state index contributed by atoms with van der Waals surface area (Å²) < 4.78 is 0.688. The number of hydrogen-bond donors (Lipinski definition) is 2. The van der Waals surface area contributed by atoms with E-state index in [2.05, 4.69) is 19.2 Å². The zero-order valence-corrected chi connectivity index (χ0v) is 14.1. The number of rotatable bonds is 5. The lowest BCUT2D eigenvalue weighted by atomic mass is 10.1. The first-order valence-corrected chi connectivity index (χ1v) is 7.44. The van der Waals surface area contributed by atoms with Crippen molar-refractivity contribution < 1.29 is 9.72 Å². The maximum absolute atomic E-state index is 11.1. The lowest BCUT2D eigenvalue weighted by Crippen LogP contribution is -2.14. The summed E-state index contributed by atoms with van der Waals surface area (Å²) in [5.41, 5.74) is 6.02. The van der Waals surface area contributed by atoms with Crippen LogP contribution in [-0.2, 0) is 6.42 Å². The number of carbonyl (C=O) groups is 1. The molecule has 1 amide bonds. The third-order valence-corrected chi connectivity index (χ3v) is 3.76. The Hall–Kier alpha value is -1.22. The molecule has 0 heterocycles. The smallest absolute Gasteiger partial charge is 0.270 e. The van der Waals surface area contributed by atoms with Gasteiger partial charge in [-0.2, -0.15) is 0 Å². The summed E-state index contributed by atoms with van der Waals surface area (Å²) in [6.45, 7) is 8.26. The van der Waals surface area contributed by atoms with Gasteiger partial charge in [0.1, 0.15) is 0 Å². The van der Waals surface area contributed by atoms with E-state index in [4.69, 9.17) is 5.73 Å². The number of amides is 1. The molecule has 20 heavy (non-hydrogen) atoms. The van der Waals surface area contributed by atoms with Crippen LogP contribution in [0.15, 0.2) is 12.1 Å². The fourth-order valence-electron chi connectivity index (χ4n) is 1.46. The van der Waals surface area contributed by atoms with Gasteiger partial charge in [0.15, 0.2) is 0 Å². The topological polar surface area (TPSA) is 98.3 Å². The number of nitro groups is 1. The molecule has 0 fully saturated rings. The van der Waals surface area contributed by atoms with Crippen LogP contribution >= 0.6 is 22.6 Å². The van der Waals surface area contributed by atoms with Crippen LogP contribution in [0.3, 0.4) is 0 Å². The summed E-state index contributed by atoms with van der Waals surface area (Å²) in [6.07, 6.45) is 0.625. The number of halogens is 1. The summed E-state index contributed by atoms with van der Waals surface area (Å²) in [4.78, 5) is 21.1. The number of carbonyl (C=O) groups excluding carboxylic acids is 1. The molecule has 0 unspecified atom stereocenters. The van der Waals surface area contributed by atoms with Gasteiger partial charge in [-0.25, -0.2) is 0 Å². The SMILES string of the molecule is CCNCC.CCc1cc([N+](=O)[O-])cc(C(N)=O)c1I. The van der Waals surface area contributed by atoms with Crippen LogP contribution in [0.4, 0.5) is 5.69 Å². The predicted molar refractivity (Wildman–Crippen MR) is 87.9 cm³/mol. The monoisotopic (exact) mass is 393 g/mol. The Morgan fingerprint density at radius 2 is 1.90 bits per heavy atom. The third kappa shape index (κ3) is 5.83.